The summed E-state index contributed by atoms with van der Waals surface area (Å²) >= 11 is 0. The van der Waals surface area contributed by atoms with Gasteiger partial charge in [-0.05, 0) is 42.9 Å². The maximum Gasteiger partial charge on any atom is 0.315 e. The molecule has 5 nitrogen and oxygen atoms in total. The molecule has 130 valence electrons. The Hall–Kier alpha value is -2.30. The van der Waals surface area contributed by atoms with Gasteiger partial charge in [0.15, 0.2) is 0 Å². The quantitative estimate of drug-likeness (QED) is 0.700. The van der Waals surface area contributed by atoms with Gasteiger partial charge in [-0.15, -0.1) is 0 Å². The molecule has 3 amide bonds. The molecule has 1 atom stereocenters. The van der Waals surface area contributed by atoms with Crippen LogP contribution in [-0.4, -0.2) is 18.5 Å². The van der Waals surface area contributed by atoms with Crippen molar-refractivity contribution in [1.82, 2.24) is 10.6 Å². The van der Waals surface area contributed by atoms with Crippen LogP contribution in [0.5, 0.6) is 0 Å². The van der Waals surface area contributed by atoms with E-state index in [1.165, 1.54) is 0 Å². The monoisotopic (exact) mass is 329 g/mol. The van der Waals surface area contributed by atoms with Gasteiger partial charge in [0.25, 0.3) is 0 Å². The van der Waals surface area contributed by atoms with Crippen molar-refractivity contribution in [3.8, 4) is 0 Å². The summed E-state index contributed by atoms with van der Waals surface area (Å²) in [6, 6.07) is 7.38. The van der Waals surface area contributed by atoms with Crippen LogP contribution in [0.4, 0.5) is 10.5 Å². The number of carbonyl (C=O) groups is 2. The number of benzene rings is 1. The number of carbonyl (C=O) groups excluding carboxylic acids is 2. The molecule has 5 heteroatoms. The van der Waals surface area contributed by atoms with Crippen molar-refractivity contribution in [2.24, 2.45) is 11.8 Å². The summed E-state index contributed by atoms with van der Waals surface area (Å²) < 4.78 is 0. The van der Waals surface area contributed by atoms with E-state index in [4.69, 9.17) is 0 Å². The average Bonchev–Trinajstić information content (AvgIpc) is 2.59. The maximum absolute atomic E-state index is 11.9. The first-order chi connectivity index (χ1) is 11.5. The van der Waals surface area contributed by atoms with E-state index < -0.39 is 0 Å². The first kappa shape index (κ1) is 18.0. The fraction of sp³-hybridized carbons (Fsp3) is 0.474. The summed E-state index contributed by atoms with van der Waals surface area (Å²) in [5, 5.41) is 8.66. The highest BCUT2D eigenvalue weighted by Crippen LogP contribution is 2.16. The Kier molecular flexibility index (Phi) is 6.85. The molecule has 0 saturated heterocycles. The average molecular weight is 329 g/mol. The van der Waals surface area contributed by atoms with Gasteiger partial charge in [0.2, 0.25) is 5.91 Å². The molecule has 0 unspecified atom stereocenters. The Labute approximate surface area is 143 Å². The van der Waals surface area contributed by atoms with Crippen molar-refractivity contribution < 1.29 is 9.59 Å². The van der Waals surface area contributed by atoms with Crippen LogP contribution in [0, 0.1) is 11.8 Å². The van der Waals surface area contributed by atoms with Gasteiger partial charge in [-0.1, -0.05) is 38.1 Å². The zero-order valence-electron chi connectivity index (χ0n) is 14.5. The zero-order valence-corrected chi connectivity index (χ0v) is 14.5. The first-order valence-corrected chi connectivity index (χ1v) is 8.61. The van der Waals surface area contributed by atoms with Gasteiger partial charge >= 0.3 is 6.03 Å². The number of hydrogen-bond donors (Lipinski definition) is 3. The van der Waals surface area contributed by atoms with Crippen LogP contribution in [0.15, 0.2) is 36.4 Å². The molecular weight excluding hydrogens is 302 g/mol. The van der Waals surface area contributed by atoms with E-state index >= 15 is 0 Å². The molecule has 0 bridgehead atoms. The summed E-state index contributed by atoms with van der Waals surface area (Å²) in [7, 11) is 0. The van der Waals surface area contributed by atoms with Crippen molar-refractivity contribution in [1.29, 1.82) is 0 Å². The van der Waals surface area contributed by atoms with Gasteiger partial charge in [0.1, 0.15) is 0 Å². The highest BCUT2D eigenvalue weighted by Gasteiger charge is 2.11. The molecule has 0 saturated carbocycles. The SMILES string of the molecule is CC(C)C(=O)Nc1cccc(CNC(=O)NC[C@H]2CC=CCC2)c1. The van der Waals surface area contributed by atoms with E-state index in [0.717, 1.165) is 30.5 Å². The summed E-state index contributed by atoms with van der Waals surface area (Å²) in [5.74, 6) is 0.460. The third-order valence-electron chi connectivity index (χ3n) is 4.10. The van der Waals surface area contributed by atoms with Gasteiger partial charge in [0, 0.05) is 24.7 Å². The standard InChI is InChI=1S/C19H27N3O2/c1-14(2)18(23)22-17-10-6-9-16(11-17)13-21-19(24)20-12-15-7-4-3-5-8-15/h3-4,6,9-11,14-15H,5,7-8,12-13H2,1-2H3,(H,22,23)(H2,20,21,24)/t15-/m0/s1. The number of anilines is 1. The molecular formula is C19H27N3O2. The summed E-state index contributed by atoms with van der Waals surface area (Å²) in [6.45, 7) is 4.85. The Morgan fingerprint density at radius 2 is 2.04 bits per heavy atom. The second-order valence-electron chi connectivity index (χ2n) is 6.56. The number of rotatable bonds is 6. The summed E-state index contributed by atoms with van der Waals surface area (Å²) in [5.41, 5.74) is 1.70. The molecule has 0 aliphatic heterocycles. The summed E-state index contributed by atoms with van der Waals surface area (Å²) in [6.07, 6.45) is 7.65. The third-order valence-corrected chi connectivity index (χ3v) is 4.10. The highest BCUT2D eigenvalue weighted by molar-refractivity contribution is 5.92. The lowest BCUT2D eigenvalue weighted by molar-refractivity contribution is -0.118. The van der Waals surface area contributed by atoms with Crippen molar-refractivity contribution in [2.45, 2.75) is 39.7 Å². The minimum Gasteiger partial charge on any atom is -0.338 e. The van der Waals surface area contributed by atoms with Crippen molar-refractivity contribution in [3.05, 3.63) is 42.0 Å². The predicted molar refractivity (Wildman–Crippen MR) is 96.6 cm³/mol. The van der Waals surface area contributed by atoms with Crippen LogP contribution in [0.3, 0.4) is 0 Å². The predicted octanol–water partition coefficient (Wildman–Crippen LogP) is 3.44. The molecule has 0 aromatic heterocycles. The largest absolute Gasteiger partial charge is 0.338 e. The number of nitrogens with one attached hydrogen (secondary N) is 3. The number of amides is 3. The smallest absolute Gasteiger partial charge is 0.315 e. The molecule has 0 heterocycles. The summed E-state index contributed by atoms with van der Waals surface area (Å²) in [4.78, 5) is 23.6. The fourth-order valence-electron chi connectivity index (χ4n) is 2.57. The van der Waals surface area contributed by atoms with Gasteiger partial charge < -0.3 is 16.0 Å². The van der Waals surface area contributed by atoms with Crippen molar-refractivity contribution in [2.75, 3.05) is 11.9 Å². The molecule has 1 aromatic carbocycles. The second kappa shape index (κ2) is 9.11. The highest BCUT2D eigenvalue weighted by atomic mass is 16.2. The third kappa shape index (κ3) is 6.07. The Morgan fingerprint density at radius 3 is 2.75 bits per heavy atom. The molecule has 0 spiro atoms. The Bertz CT molecular complexity index is 596. The minimum absolute atomic E-state index is 0.0145. The molecule has 1 aliphatic rings. The molecule has 1 aromatic rings. The van der Waals surface area contributed by atoms with E-state index in [-0.39, 0.29) is 17.9 Å². The van der Waals surface area contributed by atoms with Gasteiger partial charge in [0.05, 0.1) is 0 Å². The van der Waals surface area contributed by atoms with Gasteiger partial charge in [-0.3, -0.25) is 4.79 Å². The number of hydrogen-bond acceptors (Lipinski definition) is 2. The lowest BCUT2D eigenvalue weighted by Gasteiger charge is -2.18. The topological polar surface area (TPSA) is 70.2 Å². The van der Waals surface area contributed by atoms with E-state index in [9.17, 15) is 9.59 Å². The van der Waals surface area contributed by atoms with Crippen LogP contribution in [-0.2, 0) is 11.3 Å². The van der Waals surface area contributed by atoms with E-state index in [0.29, 0.717) is 19.0 Å². The van der Waals surface area contributed by atoms with E-state index in [1.807, 2.05) is 38.1 Å². The number of urea groups is 1. The molecule has 24 heavy (non-hydrogen) atoms. The Morgan fingerprint density at radius 1 is 1.21 bits per heavy atom. The van der Waals surface area contributed by atoms with E-state index in [1.54, 1.807) is 0 Å². The molecule has 0 fully saturated rings. The van der Waals surface area contributed by atoms with Crippen LogP contribution >= 0.6 is 0 Å². The van der Waals surface area contributed by atoms with Gasteiger partial charge in [-0.25, -0.2) is 4.79 Å². The van der Waals surface area contributed by atoms with Crippen LogP contribution in [0.2, 0.25) is 0 Å². The molecule has 2 rings (SSSR count). The van der Waals surface area contributed by atoms with Crippen LogP contribution in [0.25, 0.3) is 0 Å². The minimum atomic E-state index is -0.152. The van der Waals surface area contributed by atoms with Crippen molar-refractivity contribution in [3.63, 3.8) is 0 Å². The van der Waals surface area contributed by atoms with E-state index in [2.05, 4.69) is 28.1 Å². The Balaban J connectivity index is 1.75. The molecule has 1 aliphatic carbocycles. The number of allylic oxidation sites excluding steroid dienone is 2. The lowest BCUT2D eigenvalue weighted by atomic mass is 9.94. The van der Waals surface area contributed by atoms with Crippen molar-refractivity contribution >= 4 is 17.6 Å². The molecule has 3 N–H and O–H groups in total. The van der Waals surface area contributed by atoms with Crippen LogP contribution in [0.1, 0.15) is 38.7 Å². The fourth-order valence-corrected chi connectivity index (χ4v) is 2.57. The first-order valence-electron chi connectivity index (χ1n) is 8.61. The van der Waals surface area contributed by atoms with Gasteiger partial charge in [-0.2, -0.15) is 0 Å². The maximum atomic E-state index is 11.9. The van der Waals surface area contributed by atoms with Crippen LogP contribution < -0.4 is 16.0 Å². The zero-order chi connectivity index (χ0) is 17.4. The second-order valence-corrected chi connectivity index (χ2v) is 6.56. The molecule has 0 radical (unpaired) electrons. The normalized spacial score (nSPS) is 16.7. The lowest BCUT2D eigenvalue weighted by Crippen LogP contribution is -2.38.